The van der Waals surface area contributed by atoms with Crippen molar-refractivity contribution in [3.8, 4) is 5.75 Å². The third-order valence-corrected chi connectivity index (χ3v) is 12.0. The number of benzene rings is 4. The van der Waals surface area contributed by atoms with Crippen LogP contribution >= 0.6 is 11.8 Å². The van der Waals surface area contributed by atoms with Gasteiger partial charge in [0.2, 0.25) is 5.91 Å². The molecule has 3 aliphatic rings. The fraction of sp³-hybridized carbons (Fsp3) is 0.295. The summed E-state index contributed by atoms with van der Waals surface area (Å²) < 4.78 is 11.7. The zero-order chi connectivity index (χ0) is 39.2. The molecule has 1 heterocycles. The van der Waals surface area contributed by atoms with Gasteiger partial charge in [-0.2, -0.15) is 0 Å². The number of nitrogens with one attached hydrogen (secondary N) is 1. The van der Waals surface area contributed by atoms with Gasteiger partial charge in [-0.1, -0.05) is 127 Å². The molecule has 288 valence electrons. The SMILES string of the molecule is O=C(NCc1ccccc1)C1C2C=CC(C(C(=O)SCCOc3ccccc3)C3c4ccccc4CC(C(=O)O)N3C(=O)OCc3ccccc3)(C2)C1C(=O)O. The van der Waals surface area contributed by atoms with Crippen LogP contribution in [-0.2, 0) is 43.5 Å². The molecule has 7 atom stereocenters. The molecule has 1 saturated carbocycles. The van der Waals surface area contributed by atoms with Gasteiger partial charge >= 0.3 is 18.0 Å². The zero-order valence-corrected chi connectivity index (χ0v) is 31.3. The molecule has 0 spiro atoms. The first kappa shape index (κ1) is 38.4. The van der Waals surface area contributed by atoms with Crippen LogP contribution in [0.5, 0.6) is 5.75 Å². The third-order valence-electron chi connectivity index (χ3n) is 11.1. The summed E-state index contributed by atoms with van der Waals surface area (Å²) in [5, 5.41) is 24.2. The molecule has 1 aliphatic heterocycles. The van der Waals surface area contributed by atoms with E-state index in [-0.39, 0.29) is 38.4 Å². The highest BCUT2D eigenvalue weighted by molar-refractivity contribution is 8.13. The standard InChI is InChI=1S/C44H42N2O9S/c47-39(45-26-28-12-4-1-5-13-28)35-31-20-21-44(25-31,36(35)41(50)51)37(42(52)56-23-22-54-32-17-8-3-9-18-32)38-33-19-11-10-16-30(33)24-34(40(48)49)46(38)43(53)55-27-29-14-6-2-7-15-29/h1-21,31,34-38H,22-27H2,(H,45,47)(H,48,49)(H,50,51). The maximum atomic E-state index is 15.1. The predicted octanol–water partition coefficient (Wildman–Crippen LogP) is 6.54. The van der Waals surface area contributed by atoms with Gasteiger partial charge in [0, 0.05) is 24.1 Å². The number of nitrogens with zero attached hydrogens (tertiary/aromatic N) is 1. The second-order valence-corrected chi connectivity index (χ2v) is 15.4. The molecule has 7 rings (SSSR count). The summed E-state index contributed by atoms with van der Waals surface area (Å²) in [4.78, 5) is 71.3. The van der Waals surface area contributed by atoms with Crippen LogP contribution in [0.3, 0.4) is 0 Å². The zero-order valence-electron chi connectivity index (χ0n) is 30.4. The lowest BCUT2D eigenvalue weighted by Gasteiger charge is -2.49. The Bertz CT molecular complexity index is 2100. The lowest BCUT2D eigenvalue weighted by molar-refractivity contribution is -0.154. The molecule has 4 aromatic rings. The summed E-state index contributed by atoms with van der Waals surface area (Å²) in [6.45, 7) is 0.172. The maximum absolute atomic E-state index is 15.1. The van der Waals surface area contributed by atoms with E-state index in [9.17, 15) is 29.4 Å². The fourth-order valence-corrected chi connectivity index (χ4v) is 9.65. The second-order valence-electron chi connectivity index (χ2n) is 14.3. The van der Waals surface area contributed by atoms with Crippen molar-refractivity contribution in [2.75, 3.05) is 12.4 Å². The highest BCUT2D eigenvalue weighted by atomic mass is 32.2. The summed E-state index contributed by atoms with van der Waals surface area (Å²) in [6, 6.07) is 31.6. The molecule has 56 heavy (non-hydrogen) atoms. The number of rotatable bonds is 14. The van der Waals surface area contributed by atoms with Crippen LogP contribution in [0.4, 0.5) is 4.79 Å². The van der Waals surface area contributed by atoms with Gasteiger partial charge in [-0.05, 0) is 46.7 Å². The summed E-state index contributed by atoms with van der Waals surface area (Å²) in [5.41, 5.74) is 1.17. The number of para-hydroxylation sites is 1. The van der Waals surface area contributed by atoms with Crippen LogP contribution < -0.4 is 10.1 Å². The van der Waals surface area contributed by atoms with Gasteiger partial charge in [-0.25, -0.2) is 9.59 Å². The number of carboxylic acid groups (broad SMARTS) is 2. The quantitative estimate of drug-likeness (QED) is 0.0949. The van der Waals surface area contributed by atoms with Crippen molar-refractivity contribution in [1.82, 2.24) is 10.2 Å². The molecule has 0 aromatic heterocycles. The highest BCUT2D eigenvalue weighted by Gasteiger charge is 2.67. The third kappa shape index (κ3) is 7.79. The lowest BCUT2D eigenvalue weighted by Crippen LogP contribution is -2.57. The lowest BCUT2D eigenvalue weighted by atomic mass is 9.62. The van der Waals surface area contributed by atoms with E-state index in [1.165, 1.54) is 0 Å². The molecule has 0 saturated heterocycles. The van der Waals surface area contributed by atoms with Gasteiger partial charge in [0.1, 0.15) is 18.4 Å². The molecule has 2 bridgehead atoms. The Morgan fingerprint density at radius 1 is 0.821 bits per heavy atom. The molecule has 0 radical (unpaired) electrons. The minimum Gasteiger partial charge on any atom is -0.493 e. The van der Waals surface area contributed by atoms with Gasteiger partial charge in [-0.3, -0.25) is 19.3 Å². The molecule has 2 aliphatic carbocycles. The molecule has 1 fully saturated rings. The van der Waals surface area contributed by atoms with Gasteiger partial charge in [0.25, 0.3) is 0 Å². The number of allylic oxidation sites excluding steroid dienone is 2. The molecule has 3 N–H and O–H groups in total. The first-order valence-corrected chi connectivity index (χ1v) is 19.5. The molecular formula is C44H42N2O9S. The number of hydrogen-bond acceptors (Lipinski definition) is 8. The monoisotopic (exact) mass is 774 g/mol. The van der Waals surface area contributed by atoms with Crippen LogP contribution in [0.1, 0.15) is 34.7 Å². The molecule has 4 aromatic carbocycles. The van der Waals surface area contributed by atoms with Crippen molar-refractivity contribution in [1.29, 1.82) is 0 Å². The van der Waals surface area contributed by atoms with E-state index in [0.29, 0.717) is 22.4 Å². The topological polar surface area (TPSA) is 160 Å². The minimum atomic E-state index is -1.48. The van der Waals surface area contributed by atoms with Gasteiger partial charge in [0.05, 0.1) is 30.4 Å². The number of carbonyl (C=O) groups is 5. The van der Waals surface area contributed by atoms with Crippen molar-refractivity contribution in [3.63, 3.8) is 0 Å². The first-order chi connectivity index (χ1) is 27.2. The number of thioether (sulfide) groups is 1. The van der Waals surface area contributed by atoms with E-state index >= 15 is 4.79 Å². The van der Waals surface area contributed by atoms with Crippen molar-refractivity contribution in [2.24, 2.45) is 29.1 Å². The van der Waals surface area contributed by atoms with Crippen molar-refractivity contribution < 1.29 is 43.7 Å². The largest absolute Gasteiger partial charge is 0.493 e. The smallest absolute Gasteiger partial charge is 0.411 e. The molecule has 11 nitrogen and oxygen atoms in total. The molecular weight excluding hydrogens is 733 g/mol. The van der Waals surface area contributed by atoms with E-state index in [4.69, 9.17) is 9.47 Å². The van der Waals surface area contributed by atoms with E-state index in [0.717, 1.165) is 22.2 Å². The van der Waals surface area contributed by atoms with Gasteiger partial charge in [0.15, 0.2) is 5.12 Å². The Kier molecular flexibility index (Phi) is 11.6. The van der Waals surface area contributed by atoms with Crippen LogP contribution in [-0.4, -0.2) is 62.6 Å². The van der Waals surface area contributed by atoms with Crippen molar-refractivity contribution in [3.05, 3.63) is 150 Å². The van der Waals surface area contributed by atoms with E-state index < -0.39 is 70.2 Å². The summed E-state index contributed by atoms with van der Waals surface area (Å²) in [5.74, 6) is -6.45. The Hall–Kier alpha value is -5.88. The normalized spacial score (nSPS) is 23.8. The number of carbonyl (C=O) groups excluding carboxylic acids is 3. The second kappa shape index (κ2) is 16.9. The van der Waals surface area contributed by atoms with Crippen LogP contribution in [0.25, 0.3) is 0 Å². The number of carboxylic acids is 2. The molecule has 12 heteroatoms. The molecule has 7 unspecified atom stereocenters. The van der Waals surface area contributed by atoms with Crippen LogP contribution in [0.15, 0.2) is 127 Å². The van der Waals surface area contributed by atoms with Gasteiger partial charge < -0.3 is 25.0 Å². The Morgan fingerprint density at radius 3 is 2.14 bits per heavy atom. The van der Waals surface area contributed by atoms with Gasteiger partial charge in [-0.15, -0.1) is 0 Å². The maximum Gasteiger partial charge on any atom is 0.411 e. The number of hydrogen-bond donors (Lipinski definition) is 3. The number of fused-ring (bicyclic) bond motifs is 3. The van der Waals surface area contributed by atoms with E-state index in [1.54, 1.807) is 72.8 Å². The molecule has 2 amide bonds. The van der Waals surface area contributed by atoms with Crippen LogP contribution in [0, 0.1) is 29.1 Å². The van der Waals surface area contributed by atoms with E-state index in [1.807, 2.05) is 54.6 Å². The first-order valence-electron chi connectivity index (χ1n) is 18.6. The number of amides is 2. The summed E-state index contributed by atoms with van der Waals surface area (Å²) in [7, 11) is 0. The summed E-state index contributed by atoms with van der Waals surface area (Å²) >= 11 is 0.938. The Labute approximate surface area is 328 Å². The highest BCUT2D eigenvalue weighted by Crippen LogP contribution is 2.64. The minimum absolute atomic E-state index is 0.0558. The van der Waals surface area contributed by atoms with Crippen LogP contribution in [0.2, 0.25) is 0 Å². The van der Waals surface area contributed by atoms with Crippen molar-refractivity contribution >= 4 is 40.8 Å². The van der Waals surface area contributed by atoms with Crippen molar-refractivity contribution in [2.45, 2.75) is 38.1 Å². The number of aliphatic carboxylic acids is 2. The fourth-order valence-electron chi connectivity index (χ4n) is 8.75. The Balaban J connectivity index is 1.29. The predicted molar refractivity (Wildman–Crippen MR) is 208 cm³/mol. The average Bonchev–Trinajstić information content (AvgIpc) is 3.79. The number of ether oxygens (including phenoxy) is 2. The average molecular weight is 775 g/mol. The van der Waals surface area contributed by atoms with E-state index in [2.05, 4.69) is 5.32 Å². The Morgan fingerprint density at radius 2 is 1.46 bits per heavy atom. The summed E-state index contributed by atoms with van der Waals surface area (Å²) in [6.07, 6.45) is 2.65.